The summed E-state index contributed by atoms with van der Waals surface area (Å²) in [6.07, 6.45) is 4.10. The van der Waals surface area contributed by atoms with Crippen LogP contribution in [0.25, 0.3) is 6.08 Å². The van der Waals surface area contributed by atoms with Gasteiger partial charge in [-0.15, -0.1) is 0 Å². The van der Waals surface area contributed by atoms with Gasteiger partial charge in [0.15, 0.2) is 0 Å². The van der Waals surface area contributed by atoms with Crippen LogP contribution in [0.1, 0.15) is 37.7 Å². The van der Waals surface area contributed by atoms with E-state index in [9.17, 15) is 13.2 Å². The zero-order chi connectivity index (χ0) is 22.7. The second-order valence-corrected chi connectivity index (χ2v) is 9.90. The van der Waals surface area contributed by atoms with Crippen LogP contribution in [-0.2, 0) is 19.6 Å². The molecule has 1 aromatic carbocycles. The van der Waals surface area contributed by atoms with Crippen LogP contribution in [0.2, 0.25) is 0 Å². The molecule has 4 rings (SSSR count). The predicted molar refractivity (Wildman–Crippen MR) is 120 cm³/mol. The minimum absolute atomic E-state index is 0.0252. The standard InChI is InChI=1S/C23H28N2O6S/c1-3-30-21-7-4-17(15-22(21)32(27,28)25-10-12-29-13-11-25)24-23(26)9-6-18-5-8-20(31-18)19-14-16(19)2/h4-9,15-16,19H,3,10-14H2,1-2H3,(H,24,26)/b9-6+. The molecule has 172 valence electrons. The Bertz CT molecular complexity index is 1100. The predicted octanol–water partition coefficient (Wildman–Crippen LogP) is 3.47. The van der Waals surface area contributed by atoms with Crippen LogP contribution in [0, 0.1) is 5.92 Å². The Hall–Kier alpha value is -2.62. The van der Waals surface area contributed by atoms with Crippen molar-refractivity contribution in [3.8, 4) is 5.75 Å². The van der Waals surface area contributed by atoms with Gasteiger partial charge in [-0.1, -0.05) is 6.92 Å². The number of carbonyl (C=O) groups is 1. The molecule has 2 aromatic rings. The van der Waals surface area contributed by atoms with Crippen LogP contribution >= 0.6 is 0 Å². The molecule has 1 saturated heterocycles. The number of morpholine rings is 1. The molecule has 1 amide bonds. The first-order valence-electron chi connectivity index (χ1n) is 10.8. The molecule has 9 heteroatoms. The molecule has 0 spiro atoms. The molecule has 8 nitrogen and oxygen atoms in total. The van der Waals surface area contributed by atoms with E-state index in [-0.39, 0.29) is 29.6 Å². The molecule has 2 heterocycles. The Morgan fingerprint density at radius 1 is 1.25 bits per heavy atom. The normalized spacial score (nSPS) is 21.6. The fourth-order valence-corrected chi connectivity index (χ4v) is 5.27. The number of hydrogen-bond donors (Lipinski definition) is 1. The molecule has 1 N–H and O–H groups in total. The average molecular weight is 461 g/mol. The maximum absolute atomic E-state index is 13.2. The molecule has 2 fully saturated rings. The third-order valence-electron chi connectivity index (χ3n) is 5.62. The minimum Gasteiger partial charge on any atom is -0.492 e. The second-order valence-electron chi connectivity index (χ2n) is 7.99. The highest BCUT2D eigenvalue weighted by Crippen LogP contribution is 2.47. The monoisotopic (exact) mass is 460 g/mol. The van der Waals surface area contributed by atoms with Crippen molar-refractivity contribution in [2.45, 2.75) is 31.1 Å². The fraction of sp³-hybridized carbons (Fsp3) is 0.435. The lowest BCUT2D eigenvalue weighted by atomic mass is 10.3. The van der Waals surface area contributed by atoms with E-state index in [0.29, 0.717) is 43.1 Å². The van der Waals surface area contributed by atoms with E-state index in [1.54, 1.807) is 25.1 Å². The van der Waals surface area contributed by atoms with Gasteiger partial charge in [0, 0.05) is 30.8 Å². The van der Waals surface area contributed by atoms with E-state index in [0.717, 1.165) is 12.2 Å². The summed E-state index contributed by atoms with van der Waals surface area (Å²) >= 11 is 0. The van der Waals surface area contributed by atoms with Gasteiger partial charge < -0.3 is 19.2 Å². The summed E-state index contributed by atoms with van der Waals surface area (Å²) in [7, 11) is -3.79. The van der Waals surface area contributed by atoms with Crippen LogP contribution in [-0.4, -0.2) is 51.5 Å². The van der Waals surface area contributed by atoms with Gasteiger partial charge in [-0.25, -0.2) is 8.42 Å². The molecule has 2 atom stereocenters. The molecule has 0 radical (unpaired) electrons. The number of hydrogen-bond acceptors (Lipinski definition) is 6. The van der Waals surface area contributed by atoms with Gasteiger partial charge in [-0.3, -0.25) is 4.79 Å². The van der Waals surface area contributed by atoms with E-state index in [1.165, 1.54) is 16.4 Å². The molecule has 32 heavy (non-hydrogen) atoms. The Labute approximate surface area is 188 Å². The molecular formula is C23H28N2O6S. The van der Waals surface area contributed by atoms with Crippen molar-refractivity contribution in [1.29, 1.82) is 0 Å². The van der Waals surface area contributed by atoms with Crippen LogP contribution in [0.3, 0.4) is 0 Å². The van der Waals surface area contributed by atoms with Crippen LogP contribution in [0.4, 0.5) is 5.69 Å². The first kappa shape index (κ1) is 22.6. The van der Waals surface area contributed by atoms with Gasteiger partial charge >= 0.3 is 0 Å². The summed E-state index contributed by atoms with van der Waals surface area (Å²) < 4.78 is 44.3. The Morgan fingerprint density at radius 3 is 2.69 bits per heavy atom. The fourth-order valence-electron chi connectivity index (χ4n) is 3.71. The summed E-state index contributed by atoms with van der Waals surface area (Å²) in [6, 6.07) is 8.40. The lowest BCUT2D eigenvalue weighted by Gasteiger charge is -2.27. The van der Waals surface area contributed by atoms with Gasteiger partial charge in [0.05, 0.1) is 19.8 Å². The molecule has 1 aliphatic heterocycles. The van der Waals surface area contributed by atoms with Gasteiger partial charge in [0.2, 0.25) is 15.9 Å². The van der Waals surface area contributed by atoms with Crippen LogP contribution in [0.5, 0.6) is 5.75 Å². The van der Waals surface area contributed by atoms with E-state index in [1.807, 2.05) is 12.1 Å². The molecule has 2 unspecified atom stereocenters. The van der Waals surface area contributed by atoms with Crippen molar-refractivity contribution < 1.29 is 27.1 Å². The lowest BCUT2D eigenvalue weighted by molar-refractivity contribution is -0.111. The number of nitrogens with zero attached hydrogens (tertiary/aromatic N) is 1. The molecule has 1 aliphatic carbocycles. The number of carbonyl (C=O) groups excluding carboxylic acids is 1. The summed E-state index contributed by atoms with van der Waals surface area (Å²) in [5.74, 6) is 2.54. The van der Waals surface area contributed by atoms with E-state index < -0.39 is 10.0 Å². The van der Waals surface area contributed by atoms with Crippen molar-refractivity contribution in [3.63, 3.8) is 0 Å². The van der Waals surface area contributed by atoms with Crippen molar-refractivity contribution in [2.75, 3.05) is 38.2 Å². The molecular weight excluding hydrogens is 432 g/mol. The SMILES string of the molecule is CCOc1ccc(NC(=O)/C=C/c2ccc(C3CC3C)o2)cc1S(=O)(=O)N1CCOCC1. The van der Waals surface area contributed by atoms with Gasteiger partial charge in [-0.2, -0.15) is 4.31 Å². The highest BCUT2D eigenvalue weighted by Gasteiger charge is 2.36. The Balaban J connectivity index is 1.49. The maximum Gasteiger partial charge on any atom is 0.248 e. The molecule has 2 aliphatic rings. The number of rotatable bonds is 8. The van der Waals surface area contributed by atoms with E-state index >= 15 is 0 Å². The number of ether oxygens (including phenoxy) is 2. The van der Waals surface area contributed by atoms with Gasteiger partial charge in [-0.05, 0) is 55.7 Å². The van der Waals surface area contributed by atoms with Gasteiger partial charge in [0.1, 0.15) is 22.2 Å². The van der Waals surface area contributed by atoms with Crippen LogP contribution in [0.15, 0.2) is 45.7 Å². The number of benzene rings is 1. The third kappa shape index (κ3) is 5.06. The maximum atomic E-state index is 13.2. The lowest BCUT2D eigenvalue weighted by Crippen LogP contribution is -2.40. The summed E-state index contributed by atoms with van der Waals surface area (Å²) in [6.45, 7) is 5.54. The third-order valence-corrected chi connectivity index (χ3v) is 7.54. The minimum atomic E-state index is -3.79. The van der Waals surface area contributed by atoms with Gasteiger partial charge in [0.25, 0.3) is 0 Å². The summed E-state index contributed by atoms with van der Waals surface area (Å²) in [5.41, 5.74) is 0.363. The average Bonchev–Trinajstić information content (AvgIpc) is 3.33. The number of anilines is 1. The van der Waals surface area contributed by atoms with Crippen molar-refractivity contribution in [1.82, 2.24) is 4.31 Å². The highest BCUT2D eigenvalue weighted by molar-refractivity contribution is 7.89. The topological polar surface area (TPSA) is 98.1 Å². The summed E-state index contributed by atoms with van der Waals surface area (Å²) in [5, 5.41) is 2.72. The first-order valence-corrected chi connectivity index (χ1v) is 12.3. The number of furan rings is 1. The largest absolute Gasteiger partial charge is 0.492 e. The van der Waals surface area contributed by atoms with E-state index in [2.05, 4.69) is 12.2 Å². The molecule has 1 saturated carbocycles. The zero-order valence-corrected chi connectivity index (χ0v) is 19.1. The van der Waals surface area contributed by atoms with Crippen LogP contribution < -0.4 is 10.1 Å². The highest BCUT2D eigenvalue weighted by atomic mass is 32.2. The van der Waals surface area contributed by atoms with Crippen molar-refractivity contribution >= 4 is 27.7 Å². The quantitative estimate of drug-likeness (QED) is 0.606. The first-order chi connectivity index (χ1) is 15.4. The Morgan fingerprint density at radius 2 is 2.00 bits per heavy atom. The van der Waals surface area contributed by atoms with Crippen molar-refractivity contribution in [2.24, 2.45) is 5.92 Å². The second kappa shape index (κ2) is 9.48. The van der Waals surface area contributed by atoms with E-state index in [4.69, 9.17) is 13.9 Å². The zero-order valence-electron chi connectivity index (χ0n) is 18.2. The van der Waals surface area contributed by atoms with Crippen molar-refractivity contribution in [3.05, 3.63) is 47.9 Å². The molecule has 1 aromatic heterocycles. The number of amides is 1. The number of sulfonamides is 1. The summed E-state index contributed by atoms with van der Waals surface area (Å²) in [4.78, 5) is 12.4. The number of nitrogens with one attached hydrogen (secondary N) is 1. The Kier molecular flexibility index (Phi) is 6.68. The smallest absolute Gasteiger partial charge is 0.248 e. The molecule has 0 bridgehead atoms.